The van der Waals surface area contributed by atoms with E-state index in [1.807, 2.05) is 27.7 Å². The summed E-state index contributed by atoms with van der Waals surface area (Å²) in [7, 11) is 0. The first-order valence-corrected chi connectivity index (χ1v) is 8.72. The highest BCUT2D eigenvalue weighted by Crippen LogP contribution is 2.16. The van der Waals surface area contributed by atoms with Crippen molar-refractivity contribution >= 4 is 23.4 Å². The van der Waals surface area contributed by atoms with Crippen molar-refractivity contribution in [3.63, 3.8) is 0 Å². The van der Waals surface area contributed by atoms with Crippen LogP contribution in [0.25, 0.3) is 0 Å². The lowest BCUT2D eigenvalue weighted by Gasteiger charge is -2.19. The largest absolute Gasteiger partial charge is 0.444 e. The number of hydrogen-bond donors (Lipinski definition) is 3. The number of thiophene rings is 1. The Bertz CT molecular complexity index is 520. The van der Waals surface area contributed by atoms with Crippen molar-refractivity contribution in [2.45, 2.75) is 46.8 Å². The molecule has 0 aliphatic heterocycles. The number of aryl methyl sites for hydroxylation is 1. The minimum absolute atomic E-state index is 0.407. The fourth-order valence-corrected chi connectivity index (χ4v) is 2.55. The van der Waals surface area contributed by atoms with Gasteiger partial charge in [0.1, 0.15) is 5.60 Å². The Hall–Kier alpha value is -1.76. The number of nitrogens with zero attached hydrogens (tertiary/aromatic N) is 1. The van der Waals surface area contributed by atoms with Crippen LogP contribution in [0.5, 0.6) is 0 Å². The van der Waals surface area contributed by atoms with Gasteiger partial charge in [0.15, 0.2) is 5.96 Å². The highest BCUT2D eigenvalue weighted by atomic mass is 32.1. The summed E-state index contributed by atoms with van der Waals surface area (Å²) in [6, 6.07) is 2.10. The lowest BCUT2D eigenvalue weighted by Crippen LogP contribution is -2.42. The molecule has 0 aliphatic carbocycles. The number of carbonyl (C=O) groups is 1. The highest BCUT2D eigenvalue weighted by Gasteiger charge is 2.15. The maximum atomic E-state index is 11.5. The minimum Gasteiger partial charge on any atom is -0.444 e. The van der Waals surface area contributed by atoms with Gasteiger partial charge >= 0.3 is 6.09 Å². The Morgan fingerprint density at radius 3 is 2.52 bits per heavy atom. The molecule has 0 radical (unpaired) electrons. The second-order valence-electron chi connectivity index (χ2n) is 6.08. The van der Waals surface area contributed by atoms with E-state index in [-0.39, 0.29) is 0 Å². The van der Waals surface area contributed by atoms with Gasteiger partial charge in [-0.1, -0.05) is 0 Å². The number of aliphatic imine (C=N–C) groups is 1. The first kappa shape index (κ1) is 19.3. The van der Waals surface area contributed by atoms with Crippen LogP contribution in [0.4, 0.5) is 4.79 Å². The topological polar surface area (TPSA) is 74.8 Å². The van der Waals surface area contributed by atoms with Crippen molar-refractivity contribution in [3.8, 4) is 0 Å². The second-order valence-corrected chi connectivity index (χ2v) is 7.08. The van der Waals surface area contributed by atoms with Gasteiger partial charge in [-0.05, 0) is 51.6 Å². The first-order valence-electron chi connectivity index (χ1n) is 7.84. The van der Waals surface area contributed by atoms with E-state index in [0.29, 0.717) is 19.6 Å². The third-order valence-electron chi connectivity index (χ3n) is 2.78. The molecule has 0 atom stereocenters. The molecule has 0 saturated heterocycles. The fraction of sp³-hybridized carbons (Fsp3) is 0.625. The predicted octanol–water partition coefficient (Wildman–Crippen LogP) is 2.64. The lowest BCUT2D eigenvalue weighted by molar-refractivity contribution is 0.0529. The maximum absolute atomic E-state index is 11.5. The van der Waals surface area contributed by atoms with Gasteiger partial charge in [-0.15, -0.1) is 11.3 Å². The van der Waals surface area contributed by atoms with E-state index < -0.39 is 11.7 Å². The van der Waals surface area contributed by atoms with Crippen LogP contribution >= 0.6 is 11.3 Å². The maximum Gasteiger partial charge on any atom is 0.407 e. The Kier molecular flexibility index (Phi) is 7.88. The Morgan fingerprint density at radius 1 is 1.26 bits per heavy atom. The van der Waals surface area contributed by atoms with E-state index in [1.54, 1.807) is 11.3 Å². The molecule has 130 valence electrons. The molecule has 0 saturated carbocycles. The Morgan fingerprint density at radius 2 is 1.96 bits per heavy atom. The zero-order chi connectivity index (χ0) is 17.3. The number of ether oxygens (including phenoxy) is 1. The van der Waals surface area contributed by atoms with Gasteiger partial charge in [0.2, 0.25) is 0 Å². The van der Waals surface area contributed by atoms with Crippen molar-refractivity contribution in [2.75, 3.05) is 19.6 Å². The molecule has 1 heterocycles. The first-order chi connectivity index (χ1) is 10.8. The van der Waals surface area contributed by atoms with E-state index >= 15 is 0 Å². The SMILES string of the molecule is CCNC(=NCc1sccc1C)NCCNC(=O)OC(C)(C)C. The molecule has 0 unspecified atom stereocenters. The summed E-state index contributed by atoms with van der Waals surface area (Å²) in [6.07, 6.45) is -0.407. The normalized spacial score (nSPS) is 12.0. The number of nitrogens with one attached hydrogen (secondary N) is 3. The molecule has 0 fully saturated rings. The van der Waals surface area contributed by atoms with Gasteiger partial charge in [-0.3, -0.25) is 0 Å². The monoisotopic (exact) mass is 340 g/mol. The van der Waals surface area contributed by atoms with Crippen LogP contribution < -0.4 is 16.0 Å². The summed E-state index contributed by atoms with van der Waals surface area (Å²) in [5.74, 6) is 0.742. The summed E-state index contributed by atoms with van der Waals surface area (Å²) >= 11 is 1.71. The molecule has 1 aromatic rings. The molecule has 3 N–H and O–H groups in total. The Balaban J connectivity index is 2.36. The third-order valence-corrected chi connectivity index (χ3v) is 3.79. The van der Waals surface area contributed by atoms with E-state index in [1.165, 1.54) is 10.4 Å². The molecule has 1 aromatic heterocycles. The van der Waals surface area contributed by atoms with Crippen molar-refractivity contribution in [1.29, 1.82) is 0 Å². The number of rotatable bonds is 6. The van der Waals surface area contributed by atoms with Gasteiger partial charge in [0.25, 0.3) is 0 Å². The van der Waals surface area contributed by atoms with E-state index in [0.717, 1.165) is 12.5 Å². The zero-order valence-corrected chi connectivity index (χ0v) is 15.5. The quantitative estimate of drug-likeness (QED) is 0.423. The number of alkyl carbamates (subject to hydrolysis) is 1. The molecule has 6 nitrogen and oxygen atoms in total. The van der Waals surface area contributed by atoms with Crippen molar-refractivity contribution < 1.29 is 9.53 Å². The Labute approximate surface area is 142 Å². The minimum atomic E-state index is -0.480. The van der Waals surface area contributed by atoms with E-state index in [9.17, 15) is 4.79 Å². The van der Waals surface area contributed by atoms with Crippen LogP contribution in [0, 0.1) is 6.92 Å². The van der Waals surface area contributed by atoms with E-state index in [2.05, 4.69) is 39.3 Å². The smallest absolute Gasteiger partial charge is 0.407 e. The van der Waals surface area contributed by atoms with Crippen molar-refractivity contribution in [1.82, 2.24) is 16.0 Å². The number of guanidine groups is 1. The molecule has 1 rings (SSSR count). The van der Waals surface area contributed by atoms with Crippen LogP contribution in [0.1, 0.15) is 38.1 Å². The fourth-order valence-electron chi connectivity index (χ4n) is 1.72. The average molecular weight is 340 g/mol. The van der Waals surface area contributed by atoms with Gasteiger partial charge in [0.05, 0.1) is 6.54 Å². The summed E-state index contributed by atoms with van der Waals surface area (Å²) in [5, 5.41) is 11.2. The molecular formula is C16H28N4O2S. The molecular weight excluding hydrogens is 312 g/mol. The van der Waals surface area contributed by atoms with Crippen LogP contribution in [-0.4, -0.2) is 37.3 Å². The molecule has 0 spiro atoms. The second kappa shape index (κ2) is 9.39. The van der Waals surface area contributed by atoms with Crippen LogP contribution in [0.3, 0.4) is 0 Å². The summed E-state index contributed by atoms with van der Waals surface area (Å²) in [4.78, 5) is 17.4. The van der Waals surface area contributed by atoms with Crippen molar-refractivity contribution in [2.24, 2.45) is 4.99 Å². The molecule has 7 heteroatoms. The summed E-state index contributed by atoms with van der Waals surface area (Å²) < 4.78 is 5.18. The van der Waals surface area contributed by atoms with Gasteiger partial charge in [0, 0.05) is 24.5 Å². The van der Waals surface area contributed by atoms with Gasteiger partial charge in [-0.25, -0.2) is 9.79 Å². The third kappa shape index (κ3) is 8.44. The standard InChI is InChI=1S/C16H28N4O2S/c1-6-17-14(20-11-13-12(2)7-10-23-13)18-8-9-19-15(21)22-16(3,4)5/h7,10H,6,8-9,11H2,1-5H3,(H,19,21)(H2,17,18,20). The van der Waals surface area contributed by atoms with Crippen LogP contribution in [0.15, 0.2) is 16.4 Å². The number of hydrogen-bond acceptors (Lipinski definition) is 4. The molecule has 0 bridgehead atoms. The summed E-state index contributed by atoms with van der Waals surface area (Å²) in [5.41, 5.74) is 0.785. The summed E-state index contributed by atoms with van der Waals surface area (Å²) in [6.45, 7) is 12.1. The molecule has 1 amide bonds. The van der Waals surface area contributed by atoms with Gasteiger partial charge < -0.3 is 20.7 Å². The molecule has 0 aromatic carbocycles. The van der Waals surface area contributed by atoms with Crippen LogP contribution in [-0.2, 0) is 11.3 Å². The molecule has 0 aliphatic rings. The molecule has 23 heavy (non-hydrogen) atoms. The van der Waals surface area contributed by atoms with Crippen molar-refractivity contribution in [3.05, 3.63) is 21.9 Å². The highest BCUT2D eigenvalue weighted by molar-refractivity contribution is 7.10. The number of carbonyl (C=O) groups excluding carboxylic acids is 1. The average Bonchev–Trinajstić information content (AvgIpc) is 2.84. The van der Waals surface area contributed by atoms with Gasteiger partial charge in [-0.2, -0.15) is 0 Å². The predicted molar refractivity (Wildman–Crippen MR) is 96.1 cm³/mol. The number of amides is 1. The lowest BCUT2D eigenvalue weighted by atomic mass is 10.2. The van der Waals surface area contributed by atoms with E-state index in [4.69, 9.17) is 4.74 Å². The zero-order valence-electron chi connectivity index (χ0n) is 14.7. The van der Waals surface area contributed by atoms with Crippen LogP contribution in [0.2, 0.25) is 0 Å².